The Morgan fingerprint density at radius 1 is 1.00 bits per heavy atom. The van der Waals surface area contributed by atoms with Crippen molar-refractivity contribution in [2.75, 3.05) is 32.8 Å². The lowest BCUT2D eigenvalue weighted by atomic mass is 10.00. The molecule has 1 aliphatic rings. The number of halogens is 2. The summed E-state index contributed by atoms with van der Waals surface area (Å²) >= 11 is 12.8. The van der Waals surface area contributed by atoms with Gasteiger partial charge in [-0.25, -0.2) is 0 Å². The number of benzene rings is 2. The minimum atomic E-state index is 0.529. The van der Waals surface area contributed by atoms with Crippen LogP contribution >= 0.6 is 23.2 Å². The summed E-state index contributed by atoms with van der Waals surface area (Å²) in [7, 11) is 0. The second-order valence-electron chi connectivity index (χ2n) is 6.01. The number of nitrogens with two attached hydrogens (primary N) is 1. The van der Waals surface area contributed by atoms with Crippen LogP contribution in [-0.2, 0) is 17.7 Å². The van der Waals surface area contributed by atoms with Crippen LogP contribution in [0, 0.1) is 0 Å². The van der Waals surface area contributed by atoms with Gasteiger partial charge < -0.3 is 10.5 Å². The van der Waals surface area contributed by atoms with E-state index < -0.39 is 0 Å². The SMILES string of the molecule is NCCc1c(Cl)ccc(-c2ccc(CN3CCOCC3)cc2)c1Cl. The zero-order valence-corrected chi connectivity index (χ0v) is 15.1. The molecule has 1 fully saturated rings. The van der Waals surface area contributed by atoms with E-state index in [1.54, 1.807) is 0 Å². The Labute approximate surface area is 153 Å². The largest absolute Gasteiger partial charge is 0.379 e. The zero-order chi connectivity index (χ0) is 16.9. The summed E-state index contributed by atoms with van der Waals surface area (Å²) in [4.78, 5) is 2.41. The van der Waals surface area contributed by atoms with Gasteiger partial charge in [0.15, 0.2) is 0 Å². The molecule has 0 unspecified atom stereocenters. The molecule has 0 bridgehead atoms. The Morgan fingerprint density at radius 3 is 2.38 bits per heavy atom. The number of hydrogen-bond acceptors (Lipinski definition) is 3. The molecule has 128 valence electrons. The van der Waals surface area contributed by atoms with Gasteiger partial charge >= 0.3 is 0 Å². The average molecular weight is 365 g/mol. The smallest absolute Gasteiger partial charge is 0.0594 e. The Bertz CT molecular complexity index is 683. The number of hydrogen-bond donors (Lipinski definition) is 1. The molecule has 2 aromatic carbocycles. The maximum atomic E-state index is 6.56. The molecular formula is C19H22Cl2N2O. The van der Waals surface area contributed by atoms with Crippen LogP contribution in [-0.4, -0.2) is 37.7 Å². The first-order chi connectivity index (χ1) is 11.7. The van der Waals surface area contributed by atoms with E-state index in [0.717, 1.165) is 49.5 Å². The average Bonchev–Trinajstić information content (AvgIpc) is 2.61. The van der Waals surface area contributed by atoms with E-state index in [4.69, 9.17) is 33.7 Å². The Kier molecular flexibility index (Phi) is 6.14. The van der Waals surface area contributed by atoms with Crippen molar-refractivity contribution in [1.82, 2.24) is 4.90 Å². The maximum absolute atomic E-state index is 6.56. The van der Waals surface area contributed by atoms with E-state index in [0.29, 0.717) is 23.0 Å². The summed E-state index contributed by atoms with van der Waals surface area (Å²) < 4.78 is 5.39. The molecule has 1 saturated heterocycles. The second-order valence-corrected chi connectivity index (χ2v) is 6.80. The van der Waals surface area contributed by atoms with Gasteiger partial charge in [-0.3, -0.25) is 4.90 Å². The van der Waals surface area contributed by atoms with Crippen molar-refractivity contribution in [1.29, 1.82) is 0 Å². The van der Waals surface area contributed by atoms with E-state index in [1.165, 1.54) is 5.56 Å². The highest BCUT2D eigenvalue weighted by molar-refractivity contribution is 6.37. The van der Waals surface area contributed by atoms with E-state index in [9.17, 15) is 0 Å². The highest BCUT2D eigenvalue weighted by Gasteiger charge is 2.13. The highest BCUT2D eigenvalue weighted by atomic mass is 35.5. The Morgan fingerprint density at radius 2 is 1.71 bits per heavy atom. The molecule has 0 saturated carbocycles. The molecule has 24 heavy (non-hydrogen) atoms. The van der Waals surface area contributed by atoms with Gasteiger partial charge in [0.05, 0.1) is 18.2 Å². The van der Waals surface area contributed by atoms with Gasteiger partial charge in [0.25, 0.3) is 0 Å². The summed E-state index contributed by atoms with van der Waals surface area (Å²) in [5, 5.41) is 1.38. The summed E-state index contributed by atoms with van der Waals surface area (Å²) in [6.45, 7) is 5.11. The number of ether oxygens (including phenoxy) is 1. The van der Waals surface area contributed by atoms with E-state index in [2.05, 4.69) is 29.2 Å². The first kappa shape index (κ1) is 17.7. The van der Waals surface area contributed by atoms with E-state index in [-0.39, 0.29) is 0 Å². The van der Waals surface area contributed by atoms with Crippen LogP contribution in [0.4, 0.5) is 0 Å². The Hall–Kier alpha value is -1.10. The predicted octanol–water partition coefficient (Wildman–Crippen LogP) is 3.99. The first-order valence-electron chi connectivity index (χ1n) is 8.25. The van der Waals surface area contributed by atoms with E-state index in [1.807, 2.05) is 12.1 Å². The molecule has 1 aliphatic heterocycles. The monoisotopic (exact) mass is 364 g/mol. The van der Waals surface area contributed by atoms with Crippen molar-refractivity contribution >= 4 is 23.2 Å². The molecule has 5 heteroatoms. The lowest BCUT2D eigenvalue weighted by Crippen LogP contribution is -2.35. The molecule has 0 aliphatic carbocycles. The molecule has 3 rings (SSSR count). The van der Waals surface area contributed by atoms with Gasteiger partial charge in [-0.05, 0) is 35.7 Å². The summed E-state index contributed by atoms with van der Waals surface area (Å²) in [5.74, 6) is 0. The topological polar surface area (TPSA) is 38.5 Å². The zero-order valence-electron chi connectivity index (χ0n) is 13.6. The second kappa shape index (κ2) is 8.32. The molecule has 2 N–H and O–H groups in total. The summed E-state index contributed by atoms with van der Waals surface area (Å²) in [6.07, 6.45) is 0.681. The third kappa shape index (κ3) is 4.11. The summed E-state index contributed by atoms with van der Waals surface area (Å²) in [6, 6.07) is 12.4. The van der Waals surface area contributed by atoms with Gasteiger partial charge in [-0.1, -0.05) is 53.5 Å². The standard InChI is InChI=1S/C19H22Cl2N2O/c20-18-6-5-16(19(21)17(18)7-8-22)15-3-1-14(2-4-15)13-23-9-11-24-12-10-23/h1-6H,7-13,22H2. The third-order valence-electron chi connectivity index (χ3n) is 4.36. The minimum absolute atomic E-state index is 0.529. The highest BCUT2D eigenvalue weighted by Crippen LogP contribution is 2.35. The van der Waals surface area contributed by atoms with Crippen LogP contribution < -0.4 is 5.73 Å². The van der Waals surface area contributed by atoms with Gasteiger partial charge in [-0.15, -0.1) is 0 Å². The third-order valence-corrected chi connectivity index (χ3v) is 5.14. The Balaban J connectivity index is 1.79. The summed E-state index contributed by atoms with van der Waals surface area (Å²) in [5.41, 5.74) is 9.99. The van der Waals surface area contributed by atoms with Crippen LogP contribution in [0.1, 0.15) is 11.1 Å². The number of nitrogens with zero attached hydrogens (tertiary/aromatic N) is 1. The van der Waals surface area contributed by atoms with Crippen LogP contribution in [0.25, 0.3) is 11.1 Å². The molecule has 0 aromatic heterocycles. The van der Waals surface area contributed by atoms with Crippen molar-refractivity contribution in [3.63, 3.8) is 0 Å². The molecule has 2 aromatic rings. The predicted molar refractivity (Wildman–Crippen MR) is 101 cm³/mol. The molecule has 0 atom stereocenters. The molecule has 1 heterocycles. The fraction of sp³-hybridized carbons (Fsp3) is 0.368. The molecule has 0 spiro atoms. The van der Waals surface area contributed by atoms with Gasteiger partial charge in [0.1, 0.15) is 0 Å². The lowest BCUT2D eigenvalue weighted by Gasteiger charge is -2.26. The lowest BCUT2D eigenvalue weighted by molar-refractivity contribution is 0.0342. The van der Waals surface area contributed by atoms with Gasteiger partial charge in [0.2, 0.25) is 0 Å². The van der Waals surface area contributed by atoms with Crippen molar-refractivity contribution in [2.45, 2.75) is 13.0 Å². The fourth-order valence-corrected chi connectivity index (χ4v) is 3.67. The van der Waals surface area contributed by atoms with Crippen molar-refractivity contribution in [2.24, 2.45) is 5.73 Å². The molecule has 3 nitrogen and oxygen atoms in total. The molecule has 0 amide bonds. The number of morpholine rings is 1. The molecular weight excluding hydrogens is 343 g/mol. The van der Waals surface area contributed by atoms with Crippen LogP contribution in [0.5, 0.6) is 0 Å². The van der Waals surface area contributed by atoms with Gasteiger partial charge in [0, 0.05) is 30.2 Å². The maximum Gasteiger partial charge on any atom is 0.0594 e. The minimum Gasteiger partial charge on any atom is -0.379 e. The normalized spacial score (nSPS) is 15.6. The van der Waals surface area contributed by atoms with Crippen LogP contribution in [0.3, 0.4) is 0 Å². The number of rotatable bonds is 5. The van der Waals surface area contributed by atoms with Crippen LogP contribution in [0.15, 0.2) is 36.4 Å². The van der Waals surface area contributed by atoms with Crippen molar-refractivity contribution in [3.8, 4) is 11.1 Å². The van der Waals surface area contributed by atoms with Crippen molar-refractivity contribution < 1.29 is 4.74 Å². The van der Waals surface area contributed by atoms with Gasteiger partial charge in [-0.2, -0.15) is 0 Å². The van der Waals surface area contributed by atoms with Crippen LogP contribution in [0.2, 0.25) is 10.0 Å². The van der Waals surface area contributed by atoms with E-state index >= 15 is 0 Å². The fourth-order valence-electron chi connectivity index (χ4n) is 3.00. The first-order valence-corrected chi connectivity index (χ1v) is 9.01. The van der Waals surface area contributed by atoms with Crippen molar-refractivity contribution in [3.05, 3.63) is 57.6 Å². The molecule has 0 radical (unpaired) electrons. The quantitative estimate of drug-likeness (QED) is 0.871.